The van der Waals surface area contributed by atoms with Crippen molar-refractivity contribution in [3.8, 4) is 0 Å². The number of hydrogen-bond acceptors (Lipinski definition) is 8. The molecule has 3 heterocycles. The highest BCUT2D eigenvalue weighted by Crippen LogP contribution is 2.26. The predicted molar refractivity (Wildman–Crippen MR) is 131 cm³/mol. The molecule has 0 fully saturated rings. The largest absolute Gasteiger partial charge is 0.467 e. The molecule has 182 valence electrons. The lowest BCUT2D eigenvalue weighted by Crippen LogP contribution is -2.27. The first kappa shape index (κ1) is 24.5. The zero-order chi connectivity index (χ0) is 25.0. The summed E-state index contributed by atoms with van der Waals surface area (Å²) in [5.41, 5.74) is 1.50. The van der Waals surface area contributed by atoms with E-state index < -0.39 is 20.9 Å². The van der Waals surface area contributed by atoms with E-state index in [0.29, 0.717) is 27.9 Å². The number of hydrogen-bond donors (Lipinski definition) is 1. The molecule has 4 aromatic rings. The van der Waals surface area contributed by atoms with Gasteiger partial charge >= 0.3 is 0 Å². The molecular formula is C24H23ClN4O5S. The van der Waals surface area contributed by atoms with E-state index >= 15 is 0 Å². The number of aromatic nitrogens is 2. The third kappa shape index (κ3) is 5.72. The average molecular weight is 515 g/mol. The van der Waals surface area contributed by atoms with Crippen molar-refractivity contribution in [2.75, 3.05) is 16.0 Å². The smallest absolute Gasteiger partial charge is 0.276 e. The number of furan rings is 2. The van der Waals surface area contributed by atoms with Gasteiger partial charge in [0, 0.05) is 10.7 Å². The van der Waals surface area contributed by atoms with E-state index in [0.717, 1.165) is 5.56 Å². The molecule has 0 saturated carbocycles. The lowest BCUT2D eigenvalue weighted by atomic mass is 10.2. The second kappa shape index (κ2) is 10.3. The van der Waals surface area contributed by atoms with E-state index in [1.165, 1.54) is 13.1 Å². The molecule has 1 N–H and O–H groups in total. The Labute approximate surface area is 207 Å². The van der Waals surface area contributed by atoms with Crippen LogP contribution in [0.25, 0.3) is 0 Å². The summed E-state index contributed by atoms with van der Waals surface area (Å²) in [6, 6.07) is 12.2. The highest BCUT2D eigenvalue weighted by atomic mass is 35.5. The predicted octanol–water partition coefficient (Wildman–Crippen LogP) is 4.88. The number of nitrogens with zero attached hydrogens (tertiary/aromatic N) is 3. The standard InChI is InChI=1S/C24H23ClN4O5S/c1-3-35(31,32)24-26-13-21(22(28-24)23(30)27-17-9-8-16(2)20(25)12-17)29(14-18-6-4-10-33-18)15-19-7-5-11-34-19/h4-13H,3,14-15H2,1-2H3,(H,27,30). The normalized spacial score (nSPS) is 11.4. The van der Waals surface area contributed by atoms with Gasteiger partial charge in [0.1, 0.15) is 11.5 Å². The number of anilines is 2. The van der Waals surface area contributed by atoms with Gasteiger partial charge in [-0.05, 0) is 48.9 Å². The fourth-order valence-corrected chi connectivity index (χ4v) is 4.19. The minimum Gasteiger partial charge on any atom is -0.467 e. The second-order valence-electron chi connectivity index (χ2n) is 7.72. The fraction of sp³-hybridized carbons (Fsp3) is 0.208. The van der Waals surface area contributed by atoms with Crippen molar-refractivity contribution in [3.63, 3.8) is 0 Å². The first-order chi connectivity index (χ1) is 16.8. The third-order valence-electron chi connectivity index (χ3n) is 5.24. The molecule has 11 heteroatoms. The minimum absolute atomic E-state index is 0.109. The summed E-state index contributed by atoms with van der Waals surface area (Å²) < 4.78 is 36.0. The Balaban J connectivity index is 1.78. The van der Waals surface area contributed by atoms with E-state index in [4.69, 9.17) is 20.4 Å². The molecule has 0 aliphatic rings. The molecule has 35 heavy (non-hydrogen) atoms. The Morgan fingerprint density at radius 1 is 1.09 bits per heavy atom. The number of rotatable bonds is 9. The highest BCUT2D eigenvalue weighted by Gasteiger charge is 2.25. The van der Waals surface area contributed by atoms with Crippen LogP contribution in [0.3, 0.4) is 0 Å². The monoisotopic (exact) mass is 514 g/mol. The number of halogens is 1. The number of amides is 1. The van der Waals surface area contributed by atoms with Crippen molar-refractivity contribution in [1.82, 2.24) is 9.97 Å². The van der Waals surface area contributed by atoms with Gasteiger partial charge in [0.05, 0.1) is 43.3 Å². The summed E-state index contributed by atoms with van der Waals surface area (Å²) in [5, 5.41) is 2.81. The van der Waals surface area contributed by atoms with Crippen LogP contribution < -0.4 is 10.2 Å². The Morgan fingerprint density at radius 2 is 1.74 bits per heavy atom. The zero-order valence-corrected chi connectivity index (χ0v) is 20.6. The van der Waals surface area contributed by atoms with Crippen LogP contribution in [0, 0.1) is 6.92 Å². The van der Waals surface area contributed by atoms with Gasteiger partial charge in [0.25, 0.3) is 5.91 Å². The number of aryl methyl sites for hydroxylation is 1. The molecule has 1 amide bonds. The van der Waals surface area contributed by atoms with Crippen molar-refractivity contribution in [2.24, 2.45) is 0 Å². The molecular weight excluding hydrogens is 492 g/mol. The van der Waals surface area contributed by atoms with Crippen molar-refractivity contribution < 1.29 is 22.0 Å². The van der Waals surface area contributed by atoms with Gasteiger partial charge in [-0.3, -0.25) is 4.79 Å². The number of carbonyl (C=O) groups excluding carboxylic acids is 1. The van der Waals surface area contributed by atoms with Gasteiger partial charge in [-0.25, -0.2) is 18.4 Å². The SMILES string of the molecule is CCS(=O)(=O)c1ncc(N(Cc2ccco2)Cc2ccco2)c(C(=O)Nc2ccc(C)c(Cl)c2)n1. The molecule has 1 aromatic carbocycles. The first-order valence-electron chi connectivity index (χ1n) is 10.7. The van der Waals surface area contributed by atoms with Crippen LogP contribution in [0.1, 0.15) is 34.5 Å². The molecule has 0 bridgehead atoms. The van der Waals surface area contributed by atoms with Crippen LogP contribution in [0.4, 0.5) is 11.4 Å². The van der Waals surface area contributed by atoms with E-state index in [1.807, 2.05) is 6.92 Å². The van der Waals surface area contributed by atoms with E-state index in [1.54, 1.807) is 59.9 Å². The Kier molecular flexibility index (Phi) is 7.23. The number of benzene rings is 1. The lowest BCUT2D eigenvalue weighted by Gasteiger charge is -2.24. The number of carbonyl (C=O) groups is 1. The molecule has 0 spiro atoms. The summed E-state index contributed by atoms with van der Waals surface area (Å²) in [6.07, 6.45) is 4.42. The second-order valence-corrected chi connectivity index (χ2v) is 10.3. The van der Waals surface area contributed by atoms with Gasteiger partial charge in [-0.1, -0.05) is 24.6 Å². The van der Waals surface area contributed by atoms with Crippen LogP contribution in [0.2, 0.25) is 5.02 Å². The first-order valence-corrected chi connectivity index (χ1v) is 12.8. The third-order valence-corrected chi connectivity index (χ3v) is 7.16. The van der Waals surface area contributed by atoms with Gasteiger partial charge < -0.3 is 19.1 Å². The topological polar surface area (TPSA) is 119 Å². The Bertz CT molecular complexity index is 1380. The summed E-state index contributed by atoms with van der Waals surface area (Å²) in [5.74, 6) is 0.430. The van der Waals surface area contributed by atoms with Gasteiger partial charge in [0.2, 0.25) is 15.0 Å². The molecule has 4 rings (SSSR count). The van der Waals surface area contributed by atoms with Crippen LogP contribution in [-0.4, -0.2) is 30.0 Å². The Hall–Kier alpha value is -3.63. The van der Waals surface area contributed by atoms with Crippen molar-refractivity contribution in [3.05, 3.63) is 89.0 Å². The van der Waals surface area contributed by atoms with Crippen molar-refractivity contribution in [1.29, 1.82) is 0 Å². The van der Waals surface area contributed by atoms with Crippen molar-refractivity contribution in [2.45, 2.75) is 32.1 Å². The van der Waals surface area contributed by atoms with Crippen LogP contribution in [0.5, 0.6) is 0 Å². The maximum atomic E-state index is 13.4. The molecule has 3 aromatic heterocycles. The molecule has 0 radical (unpaired) electrons. The lowest BCUT2D eigenvalue weighted by molar-refractivity contribution is 0.102. The molecule has 9 nitrogen and oxygen atoms in total. The summed E-state index contributed by atoms with van der Waals surface area (Å²) in [6.45, 7) is 3.85. The summed E-state index contributed by atoms with van der Waals surface area (Å²) in [7, 11) is -3.76. The van der Waals surface area contributed by atoms with E-state index in [9.17, 15) is 13.2 Å². The van der Waals surface area contributed by atoms with E-state index in [-0.39, 0.29) is 24.5 Å². The van der Waals surface area contributed by atoms with E-state index in [2.05, 4.69) is 15.3 Å². The average Bonchev–Trinajstić information content (AvgIpc) is 3.55. The number of sulfone groups is 1. The number of nitrogens with one attached hydrogen (secondary N) is 1. The maximum absolute atomic E-state index is 13.4. The summed E-state index contributed by atoms with van der Waals surface area (Å²) in [4.78, 5) is 23.4. The zero-order valence-electron chi connectivity index (χ0n) is 19.1. The molecule has 0 aliphatic carbocycles. The molecule has 0 saturated heterocycles. The minimum atomic E-state index is -3.76. The van der Waals surface area contributed by atoms with Gasteiger partial charge in [0.15, 0.2) is 5.69 Å². The molecule has 0 unspecified atom stereocenters. The molecule has 0 atom stereocenters. The molecule has 0 aliphatic heterocycles. The highest BCUT2D eigenvalue weighted by molar-refractivity contribution is 7.91. The quantitative estimate of drug-likeness (QED) is 0.314. The van der Waals surface area contributed by atoms with Crippen LogP contribution >= 0.6 is 11.6 Å². The van der Waals surface area contributed by atoms with Gasteiger partial charge in [-0.15, -0.1) is 0 Å². The van der Waals surface area contributed by atoms with Crippen LogP contribution in [0.15, 0.2) is 75.2 Å². The van der Waals surface area contributed by atoms with Crippen molar-refractivity contribution >= 4 is 38.7 Å². The van der Waals surface area contributed by atoms with Crippen LogP contribution in [-0.2, 0) is 22.9 Å². The Morgan fingerprint density at radius 3 is 2.29 bits per heavy atom. The fourth-order valence-electron chi connectivity index (χ4n) is 3.31. The van der Waals surface area contributed by atoms with Gasteiger partial charge in [-0.2, -0.15) is 0 Å². The summed E-state index contributed by atoms with van der Waals surface area (Å²) >= 11 is 6.20. The maximum Gasteiger partial charge on any atom is 0.276 e.